The molecule has 0 saturated carbocycles. The molecule has 0 radical (unpaired) electrons. The van der Waals surface area contributed by atoms with Crippen LogP contribution in [0.2, 0.25) is 0 Å². The molecule has 2 saturated heterocycles. The second-order valence-corrected chi connectivity index (χ2v) is 4.16. The van der Waals surface area contributed by atoms with E-state index in [1.165, 1.54) is 45.3 Å². The van der Waals surface area contributed by atoms with Crippen molar-refractivity contribution < 1.29 is 0 Å². The van der Waals surface area contributed by atoms with Gasteiger partial charge in [0.25, 0.3) is 0 Å². The number of rotatable bonds is 1. The lowest BCUT2D eigenvalue weighted by atomic mass is 9.98. The van der Waals surface area contributed by atoms with Crippen LogP contribution in [0.3, 0.4) is 0 Å². The molecule has 12 heavy (non-hydrogen) atoms. The SMILES string of the molecule is CC[C@@H]1CN2CCCC[C@H]2CN1. The number of piperazine rings is 1. The molecule has 0 amide bonds. The maximum Gasteiger partial charge on any atom is 0.0221 e. The second-order valence-electron chi connectivity index (χ2n) is 4.16. The molecule has 0 aliphatic carbocycles. The van der Waals surface area contributed by atoms with Crippen molar-refractivity contribution in [3.63, 3.8) is 0 Å². The Morgan fingerprint density at radius 2 is 2.33 bits per heavy atom. The Kier molecular flexibility index (Phi) is 2.66. The Bertz CT molecular complexity index is 147. The van der Waals surface area contributed by atoms with Crippen LogP contribution in [0.4, 0.5) is 0 Å². The third kappa shape index (κ3) is 1.64. The molecule has 2 atom stereocenters. The van der Waals surface area contributed by atoms with Crippen LogP contribution in [0.1, 0.15) is 32.6 Å². The zero-order valence-electron chi connectivity index (χ0n) is 8.05. The van der Waals surface area contributed by atoms with Gasteiger partial charge >= 0.3 is 0 Å². The van der Waals surface area contributed by atoms with Gasteiger partial charge < -0.3 is 5.32 Å². The molecule has 2 heterocycles. The van der Waals surface area contributed by atoms with E-state index < -0.39 is 0 Å². The Hall–Kier alpha value is -0.0800. The average molecular weight is 168 g/mol. The highest BCUT2D eigenvalue weighted by Crippen LogP contribution is 2.19. The van der Waals surface area contributed by atoms with Gasteiger partial charge in [-0.1, -0.05) is 13.3 Å². The third-order valence-corrected chi connectivity index (χ3v) is 3.34. The summed E-state index contributed by atoms with van der Waals surface area (Å²) in [6, 6.07) is 1.63. The summed E-state index contributed by atoms with van der Waals surface area (Å²) in [6.07, 6.45) is 5.57. The van der Waals surface area contributed by atoms with Crippen molar-refractivity contribution in [3.8, 4) is 0 Å². The van der Waals surface area contributed by atoms with Gasteiger partial charge in [-0.3, -0.25) is 4.90 Å². The van der Waals surface area contributed by atoms with E-state index in [0.717, 1.165) is 12.1 Å². The number of nitrogens with zero attached hydrogens (tertiary/aromatic N) is 1. The molecule has 2 aliphatic heterocycles. The van der Waals surface area contributed by atoms with E-state index in [0.29, 0.717) is 0 Å². The molecular weight excluding hydrogens is 148 g/mol. The molecule has 0 aromatic heterocycles. The highest BCUT2D eigenvalue weighted by Gasteiger charge is 2.28. The zero-order chi connectivity index (χ0) is 8.39. The summed E-state index contributed by atoms with van der Waals surface area (Å²) < 4.78 is 0. The topological polar surface area (TPSA) is 15.3 Å². The number of fused-ring (bicyclic) bond motifs is 1. The van der Waals surface area contributed by atoms with Crippen LogP contribution in [0.5, 0.6) is 0 Å². The largest absolute Gasteiger partial charge is 0.311 e. The number of piperidine rings is 1. The van der Waals surface area contributed by atoms with Crippen molar-refractivity contribution in [1.29, 1.82) is 0 Å². The predicted octanol–water partition coefficient (Wildman–Crippen LogP) is 1.22. The molecule has 70 valence electrons. The Balaban J connectivity index is 1.90. The second kappa shape index (κ2) is 3.75. The maximum absolute atomic E-state index is 3.63. The fraction of sp³-hybridized carbons (Fsp3) is 1.00. The van der Waals surface area contributed by atoms with E-state index in [-0.39, 0.29) is 0 Å². The lowest BCUT2D eigenvalue weighted by molar-refractivity contribution is 0.0940. The summed E-state index contributed by atoms with van der Waals surface area (Å²) in [5.41, 5.74) is 0. The van der Waals surface area contributed by atoms with E-state index in [1.807, 2.05) is 0 Å². The van der Waals surface area contributed by atoms with Gasteiger partial charge in [0.15, 0.2) is 0 Å². The molecule has 0 spiro atoms. The Morgan fingerprint density at radius 1 is 1.42 bits per heavy atom. The summed E-state index contributed by atoms with van der Waals surface area (Å²) in [7, 11) is 0. The van der Waals surface area contributed by atoms with Gasteiger partial charge in [-0.15, -0.1) is 0 Å². The predicted molar refractivity (Wildman–Crippen MR) is 51.3 cm³/mol. The molecule has 0 bridgehead atoms. The lowest BCUT2D eigenvalue weighted by Gasteiger charge is -2.43. The summed E-state index contributed by atoms with van der Waals surface area (Å²) in [4.78, 5) is 2.69. The van der Waals surface area contributed by atoms with E-state index in [2.05, 4.69) is 17.1 Å². The van der Waals surface area contributed by atoms with Gasteiger partial charge in [0.05, 0.1) is 0 Å². The first kappa shape index (κ1) is 8.52. The molecule has 0 aromatic carbocycles. The minimum Gasteiger partial charge on any atom is -0.311 e. The van der Waals surface area contributed by atoms with Gasteiger partial charge in [-0.05, 0) is 25.8 Å². The van der Waals surface area contributed by atoms with Crippen molar-refractivity contribution in [3.05, 3.63) is 0 Å². The lowest BCUT2D eigenvalue weighted by Crippen LogP contribution is -2.57. The van der Waals surface area contributed by atoms with Crippen LogP contribution in [0.25, 0.3) is 0 Å². The Morgan fingerprint density at radius 3 is 3.17 bits per heavy atom. The number of hydrogen-bond donors (Lipinski definition) is 1. The number of hydrogen-bond acceptors (Lipinski definition) is 2. The summed E-state index contributed by atoms with van der Waals surface area (Å²) in [5.74, 6) is 0. The first-order valence-electron chi connectivity index (χ1n) is 5.37. The van der Waals surface area contributed by atoms with Crippen molar-refractivity contribution in [1.82, 2.24) is 10.2 Å². The van der Waals surface area contributed by atoms with E-state index in [4.69, 9.17) is 0 Å². The molecule has 2 rings (SSSR count). The van der Waals surface area contributed by atoms with Gasteiger partial charge in [-0.2, -0.15) is 0 Å². The first-order valence-corrected chi connectivity index (χ1v) is 5.37. The minimum atomic E-state index is 0.763. The van der Waals surface area contributed by atoms with Crippen LogP contribution in [-0.4, -0.2) is 36.6 Å². The highest BCUT2D eigenvalue weighted by molar-refractivity contribution is 4.87. The monoisotopic (exact) mass is 168 g/mol. The van der Waals surface area contributed by atoms with Crippen LogP contribution >= 0.6 is 0 Å². The van der Waals surface area contributed by atoms with Crippen molar-refractivity contribution >= 4 is 0 Å². The molecule has 2 aliphatic rings. The fourth-order valence-electron chi connectivity index (χ4n) is 2.46. The molecule has 2 nitrogen and oxygen atoms in total. The number of nitrogens with one attached hydrogen (secondary N) is 1. The molecule has 2 fully saturated rings. The van der Waals surface area contributed by atoms with Crippen LogP contribution in [-0.2, 0) is 0 Å². The van der Waals surface area contributed by atoms with Gasteiger partial charge in [0, 0.05) is 25.2 Å². The quantitative estimate of drug-likeness (QED) is 0.633. The third-order valence-electron chi connectivity index (χ3n) is 3.34. The molecule has 0 unspecified atom stereocenters. The van der Waals surface area contributed by atoms with E-state index in [9.17, 15) is 0 Å². The summed E-state index contributed by atoms with van der Waals surface area (Å²) in [5, 5.41) is 3.63. The molecule has 0 aromatic rings. The Labute approximate surface area is 75.3 Å². The minimum absolute atomic E-state index is 0.763. The van der Waals surface area contributed by atoms with Crippen LogP contribution in [0, 0.1) is 0 Å². The standard InChI is InChI=1S/C10H20N2/c1-2-9-8-12-6-4-3-5-10(12)7-11-9/h9-11H,2-8H2,1H3/t9-,10+/m1/s1. The summed E-state index contributed by atoms with van der Waals surface area (Å²) >= 11 is 0. The van der Waals surface area contributed by atoms with Crippen LogP contribution in [0.15, 0.2) is 0 Å². The van der Waals surface area contributed by atoms with Crippen molar-refractivity contribution in [2.24, 2.45) is 0 Å². The van der Waals surface area contributed by atoms with Gasteiger partial charge in [0.2, 0.25) is 0 Å². The molecule has 1 N–H and O–H groups in total. The van der Waals surface area contributed by atoms with Crippen molar-refractivity contribution in [2.45, 2.75) is 44.7 Å². The van der Waals surface area contributed by atoms with Crippen LogP contribution < -0.4 is 5.32 Å². The van der Waals surface area contributed by atoms with E-state index >= 15 is 0 Å². The van der Waals surface area contributed by atoms with Gasteiger partial charge in [-0.25, -0.2) is 0 Å². The molecular formula is C10H20N2. The summed E-state index contributed by atoms with van der Waals surface area (Å²) in [6.45, 7) is 6.16. The normalized spacial score (nSPS) is 37.8. The maximum atomic E-state index is 3.63. The first-order chi connectivity index (χ1) is 5.90. The average Bonchev–Trinajstić information content (AvgIpc) is 2.17. The highest BCUT2D eigenvalue weighted by atomic mass is 15.2. The van der Waals surface area contributed by atoms with E-state index in [1.54, 1.807) is 0 Å². The zero-order valence-corrected chi connectivity index (χ0v) is 8.05. The fourth-order valence-corrected chi connectivity index (χ4v) is 2.46. The van der Waals surface area contributed by atoms with Crippen molar-refractivity contribution in [2.75, 3.05) is 19.6 Å². The van der Waals surface area contributed by atoms with Gasteiger partial charge in [0.1, 0.15) is 0 Å². The molecule has 2 heteroatoms. The smallest absolute Gasteiger partial charge is 0.0221 e.